The normalized spacial score (nSPS) is 40.0. The van der Waals surface area contributed by atoms with Crippen molar-refractivity contribution in [3.05, 3.63) is 10.6 Å². The minimum Gasteiger partial charge on any atom is -0.477 e. The number of carboxylic acids is 1. The molecule has 0 spiro atoms. The Morgan fingerprint density at radius 3 is 2.62 bits per heavy atom. The molecule has 0 radical (unpaired) electrons. The van der Waals surface area contributed by atoms with Gasteiger partial charge in [0.1, 0.15) is 5.70 Å². The molecule has 7 atom stereocenters. The van der Waals surface area contributed by atoms with Crippen molar-refractivity contribution in [2.24, 2.45) is 11.8 Å². The first-order valence-corrected chi connectivity index (χ1v) is 9.85. The van der Waals surface area contributed by atoms with Crippen molar-refractivity contribution in [3.8, 4) is 0 Å². The number of hydrogen-bond donors (Lipinski definition) is 4. The maximum atomic E-state index is 12.4. The van der Waals surface area contributed by atoms with Crippen LogP contribution in [0.5, 0.6) is 0 Å². The molecule has 0 aliphatic carbocycles. The van der Waals surface area contributed by atoms with Gasteiger partial charge in [-0.3, -0.25) is 9.59 Å². The van der Waals surface area contributed by atoms with Gasteiger partial charge in [0, 0.05) is 35.1 Å². The van der Waals surface area contributed by atoms with Gasteiger partial charge in [-0.1, -0.05) is 6.92 Å². The summed E-state index contributed by atoms with van der Waals surface area (Å²) in [5, 5.41) is 26.0. The van der Waals surface area contributed by atoms with Gasteiger partial charge in [0.25, 0.3) is 0 Å². The summed E-state index contributed by atoms with van der Waals surface area (Å²) in [5.41, 5.74) is 0.0785. The minimum atomic E-state index is -1.09. The van der Waals surface area contributed by atoms with E-state index in [2.05, 4.69) is 10.6 Å². The Morgan fingerprint density at radius 2 is 2.04 bits per heavy atom. The van der Waals surface area contributed by atoms with Crippen LogP contribution in [0, 0.1) is 11.8 Å². The van der Waals surface area contributed by atoms with Crippen LogP contribution in [0.3, 0.4) is 0 Å². The zero-order chi connectivity index (χ0) is 18.7. The zero-order valence-electron chi connectivity index (χ0n) is 14.6. The van der Waals surface area contributed by atoms with Gasteiger partial charge in [-0.05, 0) is 13.3 Å². The first-order chi connectivity index (χ1) is 12.3. The third kappa shape index (κ3) is 2.56. The Morgan fingerprint density at radius 1 is 1.35 bits per heavy atom. The summed E-state index contributed by atoms with van der Waals surface area (Å²) >= 11 is 1.53. The minimum absolute atomic E-state index is 0.0697. The molecule has 0 aromatic carbocycles. The molecule has 4 aliphatic rings. The fourth-order valence-electron chi connectivity index (χ4n) is 4.62. The number of amides is 2. The molecule has 3 fully saturated rings. The molecule has 9 heteroatoms. The maximum absolute atomic E-state index is 12.4. The van der Waals surface area contributed by atoms with Crippen molar-refractivity contribution in [1.29, 1.82) is 0 Å². The predicted octanol–water partition coefficient (Wildman–Crippen LogP) is -0.508. The van der Waals surface area contributed by atoms with Crippen LogP contribution < -0.4 is 10.6 Å². The number of aliphatic hydroxyl groups is 1. The van der Waals surface area contributed by atoms with E-state index in [0.717, 1.165) is 17.9 Å². The molecule has 3 saturated heterocycles. The van der Waals surface area contributed by atoms with Gasteiger partial charge >= 0.3 is 5.97 Å². The van der Waals surface area contributed by atoms with E-state index in [1.165, 1.54) is 16.7 Å². The third-order valence-electron chi connectivity index (χ3n) is 5.97. The molecule has 0 unspecified atom stereocenters. The van der Waals surface area contributed by atoms with E-state index in [1.807, 2.05) is 6.92 Å². The number of aliphatic carboxylic acids is 1. The van der Waals surface area contributed by atoms with Crippen LogP contribution in [0.4, 0.5) is 0 Å². The summed E-state index contributed by atoms with van der Waals surface area (Å²) in [6, 6.07) is 0.0926. The Kier molecular flexibility index (Phi) is 4.28. The zero-order valence-corrected chi connectivity index (χ0v) is 15.5. The molecule has 0 aromatic rings. The Labute approximate surface area is 155 Å². The molecular formula is C17H23N3O5S. The second kappa shape index (κ2) is 6.24. The highest BCUT2D eigenvalue weighted by Gasteiger charge is 2.60. The first kappa shape index (κ1) is 17.8. The predicted molar refractivity (Wildman–Crippen MR) is 94.0 cm³/mol. The van der Waals surface area contributed by atoms with Crippen LogP contribution in [0.2, 0.25) is 0 Å². The number of β-lactam (4-membered cyclic amide) rings is 2. The van der Waals surface area contributed by atoms with E-state index in [0.29, 0.717) is 6.42 Å². The number of carbonyl (C=O) groups excluding carboxylic acids is 2. The van der Waals surface area contributed by atoms with Crippen LogP contribution >= 0.6 is 11.8 Å². The van der Waals surface area contributed by atoms with Gasteiger partial charge in [0.05, 0.1) is 24.1 Å². The summed E-state index contributed by atoms with van der Waals surface area (Å²) in [7, 11) is 0. The molecule has 4 rings (SSSR count). The van der Waals surface area contributed by atoms with E-state index < -0.39 is 18.0 Å². The standard InChI is InChI=1S/C17H23N3O5S/c1-6-13-12(7(2)21)16(23)20(13)14(17(24)25)15(6)26-8-3-9(18-5-8)10-4-11(22)19-10/h6-10,12-13,18,21H,3-5H2,1-2H3,(H,19,22)(H,24,25)/t6-,7-,8+,9+,10-,12-,13-/m1/s1. The van der Waals surface area contributed by atoms with E-state index in [1.54, 1.807) is 6.92 Å². The van der Waals surface area contributed by atoms with E-state index in [4.69, 9.17) is 0 Å². The average molecular weight is 381 g/mol. The second-order valence-electron chi connectivity index (χ2n) is 7.64. The van der Waals surface area contributed by atoms with Crippen molar-refractivity contribution >= 4 is 29.5 Å². The molecule has 2 amide bonds. The third-order valence-corrected chi connectivity index (χ3v) is 7.48. The Balaban J connectivity index is 1.49. The molecule has 0 aromatic heterocycles. The molecule has 0 bridgehead atoms. The lowest BCUT2D eigenvalue weighted by atomic mass is 9.79. The van der Waals surface area contributed by atoms with E-state index in [9.17, 15) is 24.6 Å². The SMILES string of the molecule is C[C@@H](O)[C@H]1C(=O)N2C(C(=O)O)=C(S[C@@H]3CN[C@H]([C@H]4CC(=O)N4)C3)[C@H](C)[C@H]12. The fraction of sp³-hybridized carbons (Fsp3) is 0.706. The van der Waals surface area contributed by atoms with Gasteiger partial charge < -0.3 is 25.7 Å². The highest BCUT2D eigenvalue weighted by molar-refractivity contribution is 8.03. The summed E-state index contributed by atoms with van der Waals surface area (Å²) in [5.74, 6) is -1.96. The van der Waals surface area contributed by atoms with Gasteiger partial charge in [0.2, 0.25) is 11.8 Å². The number of carbonyl (C=O) groups is 3. The van der Waals surface area contributed by atoms with Gasteiger partial charge in [-0.15, -0.1) is 11.8 Å². The number of carboxylic acid groups (broad SMARTS) is 1. The lowest BCUT2D eigenvalue weighted by Gasteiger charge is -2.46. The number of nitrogens with one attached hydrogen (secondary N) is 2. The van der Waals surface area contributed by atoms with Crippen LogP contribution in [0.15, 0.2) is 10.6 Å². The molecule has 4 heterocycles. The fourth-order valence-corrected chi connectivity index (χ4v) is 6.11. The molecule has 4 N–H and O–H groups in total. The van der Waals surface area contributed by atoms with Gasteiger partial charge in [0.15, 0.2) is 0 Å². The van der Waals surface area contributed by atoms with Gasteiger partial charge in [-0.25, -0.2) is 4.79 Å². The molecular weight excluding hydrogens is 358 g/mol. The van der Waals surface area contributed by atoms with Crippen LogP contribution in [0.1, 0.15) is 26.7 Å². The molecule has 26 heavy (non-hydrogen) atoms. The summed E-state index contributed by atoms with van der Waals surface area (Å²) in [4.78, 5) is 37.4. The summed E-state index contributed by atoms with van der Waals surface area (Å²) < 4.78 is 0. The average Bonchev–Trinajstić information content (AvgIpc) is 3.07. The van der Waals surface area contributed by atoms with Crippen LogP contribution in [-0.2, 0) is 14.4 Å². The van der Waals surface area contributed by atoms with E-state index >= 15 is 0 Å². The second-order valence-corrected chi connectivity index (χ2v) is 8.98. The molecule has 8 nitrogen and oxygen atoms in total. The van der Waals surface area contributed by atoms with Crippen molar-refractivity contribution in [3.63, 3.8) is 0 Å². The number of rotatable bonds is 5. The van der Waals surface area contributed by atoms with Crippen molar-refractivity contribution in [2.75, 3.05) is 6.54 Å². The molecule has 4 aliphatic heterocycles. The monoisotopic (exact) mass is 381 g/mol. The highest BCUT2D eigenvalue weighted by atomic mass is 32.2. The van der Waals surface area contributed by atoms with Gasteiger partial charge in [-0.2, -0.15) is 0 Å². The van der Waals surface area contributed by atoms with Crippen molar-refractivity contribution in [1.82, 2.24) is 15.5 Å². The lowest BCUT2D eigenvalue weighted by molar-refractivity contribution is -0.163. The van der Waals surface area contributed by atoms with Crippen molar-refractivity contribution < 1.29 is 24.6 Å². The van der Waals surface area contributed by atoms with E-state index in [-0.39, 0.29) is 46.8 Å². The van der Waals surface area contributed by atoms with Crippen LogP contribution in [0.25, 0.3) is 0 Å². The summed E-state index contributed by atoms with van der Waals surface area (Å²) in [6.07, 6.45) is 0.594. The highest BCUT2D eigenvalue weighted by Crippen LogP contribution is 2.51. The number of nitrogens with zero attached hydrogens (tertiary/aromatic N) is 1. The Hall–Kier alpha value is -1.58. The quantitative estimate of drug-likeness (QED) is 0.474. The number of fused-ring (bicyclic) bond motifs is 1. The Bertz CT molecular complexity index is 701. The first-order valence-electron chi connectivity index (χ1n) is 8.97. The maximum Gasteiger partial charge on any atom is 0.353 e. The smallest absolute Gasteiger partial charge is 0.353 e. The largest absolute Gasteiger partial charge is 0.477 e. The molecule has 142 valence electrons. The van der Waals surface area contributed by atoms with Crippen molar-refractivity contribution in [2.45, 2.75) is 56.2 Å². The summed E-state index contributed by atoms with van der Waals surface area (Å²) in [6.45, 7) is 4.25. The number of thioether (sulfide) groups is 1. The number of aliphatic hydroxyl groups excluding tert-OH is 1. The number of hydrogen-bond acceptors (Lipinski definition) is 6. The topological polar surface area (TPSA) is 119 Å². The van der Waals surface area contributed by atoms with Crippen LogP contribution in [-0.4, -0.2) is 68.9 Å². The lowest BCUT2D eigenvalue weighted by Crippen LogP contribution is -2.63. The molecule has 0 saturated carbocycles.